The molecule has 0 spiro atoms. The number of nitriles is 1. The predicted octanol–water partition coefficient (Wildman–Crippen LogP) is 7.15. The maximum absolute atomic E-state index is 9.11. The molecule has 1 nitrogen and oxygen atoms in total. The van der Waals surface area contributed by atoms with E-state index in [9.17, 15) is 0 Å². The van der Waals surface area contributed by atoms with Crippen LogP contribution in [0.1, 0.15) is 102 Å². The molecule has 0 radical (unpaired) electrons. The van der Waals surface area contributed by atoms with Crippen molar-refractivity contribution in [2.24, 2.45) is 11.8 Å². The smallest absolute Gasteiger partial charge is 0.0991 e. The molecule has 25 heavy (non-hydrogen) atoms. The van der Waals surface area contributed by atoms with Crippen LogP contribution < -0.4 is 0 Å². The van der Waals surface area contributed by atoms with Crippen molar-refractivity contribution in [3.8, 4) is 6.07 Å². The third-order valence-corrected chi connectivity index (χ3v) is 7.19. The number of nitrogens with zero attached hydrogens (tertiary/aromatic N) is 1. The fraction of sp³-hybridized carbons (Fsp3) is 0.708. The van der Waals surface area contributed by atoms with E-state index in [0.717, 1.165) is 17.4 Å². The molecule has 136 valence electrons. The predicted molar refractivity (Wildman–Crippen MR) is 106 cm³/mol. The maximum atomic E-state index is 9.11. The van der Waals surface area contributed by atoms with E-state index in [1.165, 1.54) is 89.0 Å². The summed E-state index contributed by atoms with van der Waals surface area (Å²) in [5.74, 6) is 2.00. The molecule has 1 aromatic carbocycles. The molecule has 1 heteroatoms. The van der Waals surface area contributed by atoms with Crippen LogP contribution in [-0.2, 0) is 5.41 Å². The van der Waals surface area contributed by atoms with Crippen LogP contribution in [0.15, 0.2) is 24.3 Å². The van der Waals surface area contributed by atoms with Crippen LogP contribution >= 0.6 is 0 Å². The minimum Gasteiger partial charge on any atom is -0.192 e. The summed E-state index contributed by atoms with van der Waals surface area (Å²) in [6.45, 7) is 2.30. The first kappa shape index (κ1) is 18.5. The summed E-state index contributed by atoms with van der Waals surface area (Å²) in [6.07, 6.45) is 18.3. The lowest BCUT2D eigenvalue weighted by Crippen LogP contribution is -2.34. The first-order valence-electron chi connectivity index (χ1n) is 10.8. The zero-order valence-corrected chi connectivity index (χ0v) is 16.1. The highest BCUT2D eigenvalue weighted by Gasteiger charge is 2.38. The number of hydrogen-bond acceptors (Lipinski definition) is 1. The molecule has 2 aliphatic rings. The van der Waals surface area contributed by atoms with Crippen LogP contribution in [-0.4, -0.2) is 0 Å². The molecule has 0 aliphatic heterocycles. The zero-order chi connectivity index (χ0) is 17.5. The molecule has 2 aliphatic carbocycles. The highest BCUT2D eigenvalue weighted by molar-refractivity contribution is 5.35. The summed E-state index contributed by atoms with van der Waals surface area (Å²) in [6, 6.07) is 10.8. The molecule has 1 aromatic rings. The number of hydrogen-bond donors (Lipinski definition) is 0. The highest BCUT2D eigenvalue weighted by Crippen LogP contribution is 2.48. The third kappa shape index (κ3) is 4.46. The SMILES string of the molecule is CCCCCC1(c2ccc(C#N)cc2)CCC(C2CCCCC2)CC1. The second-order valence-corrected chi connectivity index (χ2v) is 8.66. The lowest BCUT2D eigenvalue weighted by molar-refractivity contribution is 0.141. The molecule has 0 bridgehead atoms. The van der Waals surface area contributed by atoms with E-state index < -0.39 is 0 Å². The number of benzene rings is 1. The Kier molecular flexibility index (Phi) is 6.57. The highest BCUT2D eigenvalue weighted by atomic mass is 14.4. The van der Waals surface area contributed by atoms with E-state index >= 15 is 0 Å². The van der Waals surface area contributed by atoms with Gasteiger partial charge < -0.3 is 0 Å². The number of unbranched alkanes of at least 4 members (excludes halogenated alkanes) is 2. The Labute approximate surface area is 154 Å². The van der Waals surface area contributed by atoms with Crippen LogP contribution in [0.2, 0.25) is 0 Å². The largest absolute Gasteiger partial charge is 0.192 e. The van der Waals surface area contributed by atoms with Gasteiger partial charge in [0, 0.05) is 0 Å². The minimum atomic E-state index is 0.383. The van der Waals surface area contributed by atoms with Crippen molar-refractivity contribution in [1.29, 1.82) is 5.26 Å². The van der Waals surface area contributed by atoms with Gasteiger partial charge in [0.1, 0.15) is 0 Å². The van der Waals surface area contributed by atoms with E-state index in [0.29, 0.717) is 5.41 Å². The Morgan fingerprint density at radius 1 is 0.920 bits per heavy atom. The standard InChI is InChI=1S/C24H35N/c1-2-3-7-16-24(23-12-10-20(19-25)11-13-23)17-14-22(15-18-24)21-8-5-4-6-9-21/h10-13,21-22H,2-9,14-18H2,1H3. The van der Waals surface area contributed by atoms with Gasteiger partial charge in [-0.15, -0.1) is 0 Å². The first-order chi connectivity index (χ1) is 12.3. The maximum Gasteiger partial charge on any atom is 0.0991 e. The van der Waals surface area contributed by atoms with E-state index in [2.05, 4.69) is 25.1 Å². The Morgan fingerprint density at radius 2 is 1.56 bits per heavy atom. The molecule has 0 amide bonds. The summed E-state index contributed by atoms with van der Waals surface area (Å²) in [4.78, 5) is 0. The van der Waals surface area contributed by atoms with Gasteiger partial charge in [0.2, 0.25) is 0 Å². The normalized spacial score (nSPS) is 27.8. The summed E-state index contributed by atoms with van der Waals surface area (Å²) in [5.41, 5.74) is 2.68. The van der Waals surface area contributed by atoms with Gasteiger partial charge in [-0.3, -0.25) is 0 Å². The Bertz CT molecular complexity index is 551. The topological polar surface area (TPSA) is 23.8 Å². The second kappa shape index (κ2) is 8.88. The van der Waals surface area contributed by atoms with Crippen LogP contribution in [0.5, 0.6) is 0 Å². The zero-order valence-electron chi connectivity index (χ0n) is 16.1. The monoisotopic (exact) mass is 337 g/mol. The van der Waals surface area contributed by atoms with Gasteiger partial charge in [0.25, 0.3) is 0 Å². The van der Waals surface area contributed by atoms with Gasteiger partial charge in [0.05, 0.1) is 11.6 Å². The van der Waals surface area contributed by atoms with Crippen molar-refractivity contribution in [2.75, 3.05) is 0 Å². The Morgan fingerprint density at radius 3 is 2.16 bits per heavy atom. The molecule has 0 aromatic heterocycles. The molecule has 2 saturated carbocycles. The average Bonchev–Trinajstić information content (AvgIpc) is 2.69. The summed E-state index contributed by atoms with van der Waals surface area (Å²) >= 11 is 0. The van der Waals surface area contributed by atoms with Crippen molar-refractivity contribution >= 4 is 0 Å². The van der Waals surface area contributed by atoms with Gasteiger partial charge >= 0.3 is 0 Å². The lowest BCUT2D eigenvalue weighted by atomic mass is 9.61. The van der Waals surface area contributed by atoms with Gasteiger partial charge in [-0.1, -0.05) is 70.4 Å². The fourth-order valence-electron chi connectivity index (χ4n) is 5.56. The molecule has 0 atom stereocenters. The van der Waals surface area contributed by atoms with Crippen LogP contribution in [0, 0.1) is 23.2 Å². The molecule has 0 heterocycles. The van der Waals surface area contributed by atoms with E-state index in [1.54, 1.807) is 0 Å². The van der Waals surface area contributed by atoms with Gasteiger partial charge in [-0.05, 0) is 67.1 Å². The first-order valence-corrected chi connectivity index (χ1v) is 10.8. The molecule has 0 unspecified atom stereocenters. The second-order valence-electron chi connectivity index (χ2n) is 8.66. The van der Waals surface area contributed by atoms with Crippen molar-refractivity contribution in [3.63, 3.8) is 0 Å². The van der Waals surface area contributed by atoms with E-state index in [4.69, 9.17) is 5.26 Å². The van der Waals surface area contributed by atoms with Crippen molar-refractivity contribution in [3.05, 3.63) is 35.4 Å². The van der Waals surface area contributed by atoms with Gasteiger partial charge in [-0.25, -0.2) is 0 Å². The average molecular weight is 338 g/mol. The summed E-state index contributed by atoms with van der Waals surface area (Å²) in [7, 11) is 0. The quantitative estimate of drug-likeness (QED) is 0.506. The van der Waals surface area contributed by atoms with Crippen molar-refractivity contribution < 1.29 is 0 Å². The summed E-state index contributed by atoms with van der Waals surface area (Å²) < 4.78 is 0. The number of rotatable bonds is 6. The molecule has 2 fully saturated rings. The molecular weight excluding hydrogens is 302 g/mol. The molecule has 0 N–H and O–H groups in total. The van der Waals surface area contributed by atoms with Crippen LogP contribution in [0.4, 0.5) is 0 Å². The van der Waals surface area contributed by atoms with Gasteiger partial charge in [-0.2, -0.15) is 5.26 Å². The van der Waals surface area contributed by atoms with Crippen LogP contribution in [0.3, 0.4) is 0 Å². The van der Waals surface area contributed by atoms with Gasteiger partial charge in [0.15, 0.2) is 0 Å². The minimum absolute atomic E-state index is 0.383. The Hall–Kier alpha value is -1.29. The molecule has 0 saturated heterocycles. The molecule has 3 rings (SSSR count). The Balaban J connectivity index is 1.70. The third-order valence-electron chi connectivity index (χ3n) is 7.19. The van der Waals surface area contributed by atoms with Crippen LogP contribution in [0.25, 0.3) is 0 Å². The molecular formula is C24H35N. The fourth-order valence-corrected chi connectivity index (χ4v) is 5.56. The summed E-state index contributed by atoms with van der Waals surface area (Å²) in [5, 5.41) is 9.11. The lowest BCUT2D eigenvalue weighted by Gasteiger charge is -2.44. The van der Waals surface area contributed by atoms with Crippen molar-refractivity contribution in [2.45, 2.75) is 95.8 Å². The van der Waals surface area contributed by atoms with E-state index in [1.807, 2.05) is 12.1 Å². The van der Waals surface area contributed by atoms with E-state index in [-0.39, 0.29) is 0 Å². The van der Waals surface area contributed by atoms with Crippen molar-refractivity contribution in [1.82, 2.24) is 0 Å².